The van der Waals surface area contributed by atoms with Crippen molar-refractivity contribution in [2.24, 2.45) is 0 Å². The lowest BCUT2D eigenvalue weighted by atomic mass is 10.0. The number of hydrogen-bond donors (Lipinski definition) is 1. The molecule has 3 rings (SSSR count). The Morgan fingerprint density at radius 3 is 2.80 bits per heavy atom. The summed E-state index contributed by atoms with van der Waals surface area (Å²) in [6.45, 7) is 2.95. The standard InChI is InChI=1S/C15H20N2O2.ClH/c18-15(14-11-16-8-10-19-14)17-9-4-7-13(17)12-5-2-1-3-6-12;/h1-3,5-6,13-14,16H,4,7-11H2;1H. The summed E-state index contributed by atoms with van der Waals surface area (Å²) < 4.78 is 5.58. The minimum atomic E-state index is -0.307. The van der Waals surface area contributed by atoms with Crippen LogP contribution < -0.4 is 5.32 Å². The Kier molecular flexibility index (Phi) is 5.40. The molecule has 0 spiro atoms. The zero-order chi connectivity index (χ0) is 13.1. The highest BCUT2D eigenvalue weighted by Crippen LogP contribution is 2.32. The molecular weight excluding hydrogens is 276 g/mol. The minimum Gasteiger partial charge on any atom is -0.366 e. The highest BCUT2D eigenvalue weighted by atomic mass is 35.5. The van der Waals surface area contributed by atoms with E-state index in [-0.39, 0.29) is 30.5 Å². The molecule has 2 aliphatic rings. The van der Waals surface area contributed by atoms with Gasteiger partial charge in [-0.15, -0.1) is 12.4 Å². The van der Waals surface area contributed by atoms with Crippen molar-refractivity contribution in [3.63, 3.8) is 0 Å². The molecule has 2 saturated heterocycles. The van der Waals surface area contributed by atoms with Gasteiger partial charge in [0.25, 0.3) is 5.91 Å². The summed E-state index contributed by atoms with van der Waals surface area (Å²) >= 11 is 0. The Labute approximate surface area is 125 Å². The number of halogens is 1. The molecule has 2 aliphatic heterocycles. The van der Waals surface area contributed by atoms with Gasteiger partial charge in [-0.05, 0) is 18.4 Å². The van der Waals surface area contributed by atoms with Gasteiger partial charge in [-0.25, -0.2) is 0 Å². The molecule has 5 heteroatoms. The van der Waals surface area contributed by atoms with E-state index in [1.54, 1.807) is 0 Å². The highest BCUT2D eigenvalue weighted by molar-refractivity contribution is 5.85. The van der Waals surface area contributed by atoms with Crippen LogP contribution in [0.5, 0.6) is 0 Å². The Balaban J connectivity index is 0.00000147. The Morgan fingerprint density at radius 1 is 1.30 bits per heavy atom. The lowest BCUT2D eigenvalue weighted by Crippen LogP contribution is -2.49. The molecule has 0 aliphatic carbocycles. The molecule has 2 heterocycles. The predicted octanol–water partition coefficient (Wildman–Crippen LogP) is 1.76. The smallest absolute Gasteiger partial charge is 0.253 e. The normalized spacial score (nSPS) is 26.1. The summed E-state index contributed by atoms with van der Waals surface area (Å²) in [6, 6.07) is 10.5. The van der Waals surface area contributed by atoms with Gasteiger partial charge in [-0.1, -0.05) is 30.3 Å². The number of carbonyl (C=O) groups excluding carboxylic acids is 1. The fourth-order valence-electron chi connectivity index (χ4n) is 2.96. The Bertz CT molecular complexity index is 435. The van der Waals surface area contributed by atoms with Crippen LogP contribution in [0.3, 0.4) is 0 Å². The highest BCUT2D eigenvalue weighted by Gasteiger charge is 2.34. The second-order valence-electron chi connectivity index (χ2n) is 5.16. The second kappa shape index (κ2) is 7.07. The zero-order valence-electron chi connectivity index (χ0n) is 11.5. The number of hydrogen-bond acceptors (Lipinski definition) is 3. The Morgan fingerprint density at radius 2 is 2.10 bits per heavy atom. The number of morpholine rings is 1. The summed E-state index contributed by atoms with van der Waals surface area (Å²) in [4.78, 5) is 14.5. The molecular formula is C15H21ClN2O2. The number of carbonyl (C=O) groups is 1. The van der Waals surface area contributed by atoms with Crippen LogP contribution in [0.2, 0.25) is 0 Å². The van der Waals surface area contributed by atoms with Gasteiger partial charge in [0.2, 0.25) is 0 Å². The van der Waals surface area contributed by atoms with Gasteiger partial charge in [0.05, 0.1) is 12.6 Å². The number of benzene rings is 1. The zero-order valence-corrected chi connectivity index (χ0v) is 12.3. The third kappa shape index (κ3) is 3.14. The second-order valence-corrected chi connectivity index (χ2v) is 5.16. The van der Waals surface area contributed by atoms with Gasteiger partial charge in [-0.3, -0.25) is 4.79 Å². The first-order valence-electron chi connectivity index (χ1n) is 7.04. The molecule has 1 amide bonds. The van der Waals surface area contributed by atoms with E-state index in [0.29, 0.717) is 13.2 Å². The van der Waals surface area contributed by atoms with Crippen LogP contribution in [0.15, 0.2) is 30.3 Å². The van der Waals surface area contributed by atoms with Gasteiger partial charge in [0.15, 0.2) is 0 Å². The lowest BCUT2D eigenvalue weighted by molar-refractivity contribution is -0.146. The van der Waals surface area contributed by atoms with E-state index in [1.165, 1.54) is 5.56 Å². The first-order chi connectivity index (χ1) is 9.36. The fourth-order valence-corrected chi connectivity index (χ4v) is 2.96. The van der Waals surface area contributed by atoms with Crippen LogP contribution in [-0.4, -0.2) is 43.2 Å². The summed E-state index contributed by atoms with van der Waals surface area (Å²) in [5, 5.41) is 3.22. The molecule has 4 nitrogen and oxygen atoms in total. The minimum absolute atomic E-state index is 0. The summed E-state index contributed by atoms with van der Waals surface area (Å²) in [6.07, 6.45) is 1.82. The number of nitrogens with one attached hydrogen (secondary N) is 1. The first-order valence-corrected chi connectivity index (χ1v) is 7.04. The van der Waals surface area contributed by atoms with Crippen LogP contribution in [0, 0.1) is 0 Å². The van der Waals surface area contributed by atoms with E-state index in [1.807, 2.05) is 23.1 Å². The van der Waals surface area contributed by atoms with E-state index >= 15 is 0 Å². The monoisotopic (exact) mass is 296 g/mol. The van der Waals surface area contributed by atoms with E-state index < -0.39 is 0 Å². The SMILES string of the molecule is Cl.O=C(C1CNCCO1)N1CCCC1c1ccccc1. The van der Waals surface area contributed by atoms with Crippen LogP contribution in [0.25, 0.3) is 0 Å². The first kappa shape index (κ1) is 15.3. The molecule has 2 unspecified atom stereocenters. The molecule has 2 atom stereocenters. The summed E-state index contributed by atoms with van der Waals surface area (Å²) in [5.41, 5.74) is 1.23. The maximum absolute atomic E-state index is 12.5. The van der Waals surface area contributed by atoms with Crippen molar-refractivity contribution in [1.29, 1.82) is 0 Å². The van der Waals surface area contributed by atoms with Crippen molar-refractivity contribution in [3.05, 3.63) is 35.9 Å². The van der Waals surface area contributed by atoms with Crippen LogP contribution >= 0.6 is 12.4 Å². The average molecular weight is 297 g/mol. The summed E-state index contributed by atoms with van der Waals surface area (Å²) in [5.74, 6) is 0.138. The third-order valence-corrected chi connectivity index (χ3v) is 3.92. The topological polar surface area (TPSA) is 41.6 Å². The molecule has 0 bridgehead atoms. The van der Waals surface area contributed by atoms with Crippen molar-refractivity contribution in [2.75, 3.05) is 26.2 Å². The van der Waals surface area contributed by atoms with Crippen molar-refractivity contribution >= 4 is 18.3 Å². The molecule has 0 radical (unpaired) electrons. The average Bonchev–Trinajstić information content (AvgIpc) is 2.98. The van der Waals surface area contributed by atoms with Crippen molar-refractivity contribution < 1.29 is 9.53 Å². The molecule has 2 fully saturated rings. The van der Waals surface area contributed by atoms with Gasteiger partial charge in [0, 0.05) is 19.6 Å². The van der Waals surface area contributed by atoms with Crippen LogP contribution in [-0.2, 0) is 9.53 Å². The Hall–Kier alpha value is -1.10. The van der Waals surface area contributed by atoms with Gasteiger partial charge < -0.3 is 15.0 Å². The van der Waals surface area contributed by atoms with Crippen LogP contribution in [0.1, 0.15) is 24.4 Å². The quantitative estimate of drug-likeness (QED) is 0.904. The maximum atomic E-state index is 12.5. The third-order valence-electron chi connectivity index (χ3n) is 3.92. The molecule has 0 aromatic heterocycles. The van der Waals surface area contributed by atoms with E-state index in [0.717, 1.165) is 25.9 Å². The number of likely N-dealkylation sites (tertiary alicyclic amines) is 1. The van der Waals surface area contributed by atoms with Gasteiger partial charge >= 0.3 is 0 Å². The van der Waals surface area contributed by atoms with Crippen molar-refractivity contribution in [1.82, 2.24) is 10.2 Å². The molecule has 1 aromatic carbocycles. The largest absolute Gasteiger partial charge is 0.366 e. The molecule has 0 saturated carbocycles. The summed E-state index contributed by atoms with van der Waals surface area (Å²) in [7, 11) is 0. The number of amides is 1. The maximum Gasteiger partial charge on any atom is 0.253 e. The van der Waals surface area contributed by atoms with E-state index in [2.05, 4.69) is 17.4 Å². The number of nitrogens with zero attached hydrogens (tertiary/aromatic N) is 1. The van der Waals surface area contributed by atoms with Crippen molar-refractivity contribution in [2.45, 2.75) is 25.0 Å². The molecule has 1 N–H and O–H groups in total. The molecule has 1 aromatic rings. The number of ether oxygens (including phenoxy) is 1. The molecule has 110 valence electrons. The molecule has 20 heavy (non-hydrogen) atoms. The van der Waals surface area contributed by atoms with Gasteiger partial charge in [0.1, 0.15) is 6.10 Å². The van der Waals surface area contributed by atoms with Gasteiger partial charge in [-0.2, -0.15) is 0 Å². The fraction of sp³-hybridized carbons (Fsp3) is 0.533. The lowest BCUT2D eigenvalue weighted by Gasteiger charge is -2.31. The number of rotatable bonds is 2. The predicted molar refractivity (Wildman–Crippen MR) is 80.0 cm³/mol. The van der Waals surface area contributed by atoms with E-state index in [9.17, 15) is 4.79 Å². The van der Waals surface area contributed by atoms with Crippen LogP contribution in [0.4, 0.5) is 0 Å². The van der Waals surface area contributed by atoms with E-state index in [4.69, 9.17) is 4.74 Å². The van der Waals surface area contributed by atoms with Crippen molar-refractivity contribution in [3.8, 4) is 0 Å².